The Morgan fingerprint density at radius 3 is 2.44 bits per heavy atom. The van der Waals surface area contributed by atoms with Crippen molar-refractivity contribution in [1.29, 1.82) is 0 Å². The lowest BCUT2D eigenvalue weighted by Gasteiger charge is -2.08. The first-order valence-corrected chi connectivity index (χ1v) is 11.1. The predicted molar refractivity (Wildman–Crippen MR) is 120 cm³/mol. The standard InChI is InChI=1S/C22H18N2O2.CHF3O3S/c1-24-17(9-7-16-14-18(26-2)10-11-20(16)24)8-6-15-12-13-23-22-19(15)4-3-5-21(22)25;2-1(3,4)8(5,6)7/h3-14H,1-2H3;(H,5,6,7). The van der Waals surface area contributed by atoms with E-state index in [0.29, 0.717) is 5.52 Å². The molecule has 34 heavy (non-hydrogen) atoms. The molecule has 4 rings (SSSR count). The van der Waals surface area contributed by atoms with Crippen LogP contribution in [-0.2, 0) is 17.2 Å². The number of aromatic nitrogens is 2. The molecule has 0 aliphatic carbocycles. The Hall–Kier alpha value is -3.70. The molecular formula is C23H19F3N2O5S. The van der Waals surface area contributed by atoms with Crippen molar-refractivity contribution >= 4 is 44.1 Å². The molecule has 0 radical (unpaired) electrons. The average molecular weight is 492 g/mol. The maximum Gasteiger partial charge on any atom is 0.485 e. The van der Waals surface area contributed by atoms with Crippen LogP contribution in [-0.4, -0.2) is 35.7 Å². The molecule has 2 aromatic heterocycles. The minimum Gasteiger partial charge on any atom is -0.741 e. The van der Waals surface area contributed by atoms with Crippen LogP contribution in [0.5, 0.6) is 11.5 Å². The van der Waals surface area contributed by atoms with Gasteiger partial charge in [0.1, 0.15) is 24.1 Å². The molecule has 0 spiro atoms. The molecular weight excluding hydrogens is 473 g/mol. The van der Waals surface area contributed by atoms with Gasteiger partial charge in [-0.15, -0.1) is 0 Å². The Morgan fingerprint density at radius 1 is 1.09 bits per heavy atom. The van der Waals surface area contributed by atoms with Crippen LogP contribution in [0, 0.1) is 0 Å². The number of halogens is 3. The fraction of sp³-hybridized carbons (Fsp3) is 0.130. The Balaban J connectivity index is 0.000000350. The van der Waals surface area contributed by atoms with Gasteiger partial charge in [-0.3, -0.25) is 4.98 Å². The zero-order chi connectivity index (χ0) is 25.1. The zero-order valence-electron chi connectivity index (χ0n) is 17.9. The minimum atomic E-state index is -6.09. The summed E-state index contributed by atoms with van der Waals surface area (Å²) in [7, 11) is -2.37. The average Bonchev–Trinajstić information content (AvgIpc) is 2.78. The summed E-state index contributed by atoms with van der Waals surface area (Å²) in [5.74, 6) is 1.05. The minimum absolute atomic E-state index is 0.197. The van der Waals surface area contributed by atoms with Crippen molar-refractivity contribution < 1.29 is 40.6 Å². The summed E-state index contributed by atoms with van der Waals surface area (Å²) in [6.07, 6.45) is 5.84. The lowest BCUT2D eigenvalue weighted by atomic mass is 10.1. The summed E-state index contributed by atoms with van der Waals surface area (Å²) in [6, 6.07) is 17.6. The second-order valence-electron chi connectivity index (χ2n) is 7.05. The molecule has 0 bridgehead atoms. The van der Waals surface area contributed by atoms with Crippen molar-refractivity contribution in [2.45, 2.75) is 5.51 Å². The van der Waals surface area contributed by atoms with Crippen molar-refractivity contribution in [1.82, 2.24) is 4.98 Å². The molecule has 0 amide bonds. The summed E-state index contributed by atoms with van der Waals surface area (Å²) >= 11 is 0. The van der Waals surface area contributed by atoms with Crippen molar-refractivity contribution in [2.75, 3.05) is 7.11 Å². The van der Waals surface area contributed by atoms with Crippen LogP contribution in [0.4, 0.5) is 13.2 Å². The molecule has 0 unspecified atom stereocenters. The van der Waals surface area contributed by atoms with Gasteiger partial charge < -0.3 is 14.4 Å². The van der Waals surface area contributed by atoms with Gasteiger partial charge in [0.15, 0.2) is 10.1 Å². The Morgan fingerprint density at radius 2 is 1.79 bits per heavy atom. The zero-order valence-corrected chi connectivity index (χ0v) is 18.8. The number of aryl methyl sites for hydroxylation is 1. The Kier molecular flexibility index (Phi) is 7.08. The van der Waals surface area contributed by atoms with Crippen LogP contribution in [0.25, 0.3) is 34.0 Å². The third-order valence-corrected chi connectivity index (χ3v) is 5.48. The van der Waals surface area contributed by atoms with Gasteiger partial charge in [0.05, 0.1) is 12.5 Å². The summed E-state index contributed by atoms with van der Waals surface area (Å²) in [6.45, 7) is 0. The SMILES string of the molecule is COc1ccc2c(ccc(C=Cc3ccnc4c(O)cccc34)[n+]2C)c1.O=S(=O)([O-])C(F)(F)F. The van der Waals surface area contributed by atoms with Gasteiger partial charge in [-0.25, -0.2) is 8.42 Å². The molecule has 4 aromatic rings. The van der Waals surface area contributed by atoms with Gasteiger partial charge in [0.2, 0.25) is 11.2 Å². The van der Waals surface area contributed by atoms with Crippen molar-refractivity contribution in [3.63, 3.8) is 0 Å². The summed E-state index contributed by atoms with van der Waals surface area (Å²) < 4.78 is 66.3. The number of nitrogens with zero attached hydrogens (tertiary/aromatic N) is 2. The molecule has 2 aromatic carbocycles. The van der Waals surface area contributed by atoms with E-state index in [4.69, 9.17) is 17.7 Å². The molecule has 0 aliphatic heterocycles. The van der Waals surface area contributed by atoms with Crippen molar-refractivity contribution in [3.05, 3.63) is 72.1 Å². The number of phenols is 1. The van der Waals surface area contributed by atoms with E-state index in [1.165, 1.54) is 0 Å². The number of para-hydroxylation sites is 1. The van der Waals surface area contributed by atoms with Gasteiger partial charge in [-0.05, 0) is 42.0 Å². The number of hydrogen-bond acceptors (Lipinski definition) is 6. The number of aromatic hydroxyl groups is 1. The van der Waals surface area contributed by atoms with E-state index in [1.54, 1.807) is 19.4 Å². The van der Waals surface area contributed by atoms with Crippen LogP contribution in [0.3, 0.4) is 0 Å². The summed E-state index contributed by atoms with van der Waals surface area (Å²) in [4.78, 5) is 4.27. The fourth-order valence-corrected chi connectivity index (χ4v) is 3.19. The van der Waals surface area contributed by atoms with Gasteiger partial charge >= 0.3 is 5.51 Å². The smallest absolute Gasteiger partial charge is 0.485 e. The lowest BCUT2D eigenvalue weighted by Crippen LogP contribution is -2.32. The van der Waals surface area contributed by atoms with E-state index in [-0.39, 0.29) is 5.75 Å². The van der Waals surface area contributed by atoms with Gasteiger partial charge in [-0.1, -0.05) is 12.1 Å². The van der Waals surface area contributed by atoms with Crippen LogP contribution in [0.15, 0.2) is 60.8 Å². The predicted octanol–water partition coefficient (Wildman–Crippen LogP) is 4.15. The topological polar surface area (TPSA) is 103 Å². The molecule has 7 nitrogen and oxygen atoms in total. The number of pyridine rings is 2. The second-order valence-corrected chi connectivity index (χ2v) is 8.42. The molecule has 2 heterocycles. The maximum absolute atomic E-state index is 10.7. The van der Waals surface area contributed by atoms with Gasteiger partial charge in [0, 0.05) is 29.8 Å². The number of hydrogen-bond donors (Lipinski definition) is 1. The van der Waals surface area contributed by atoms with Crippen molar-refractivity contribution in [3.8, 4) is 11.5 Å². The highest BCUT2D eigenvalue weighted by atomic mass is 32.2. The number of alkyl halides is 3. The molecule has 0 saturated carbocycles. The van der Waals surface area contributed by atoms with Gasteiger partial charge in [-0.2, -0.15) is 17.7 Å². The Labute approximate surface area is 193 Å². The van der Waals surface area contributed by atoms with Crippen molar-refractivity contribution in [2.24, 2.45) is 7.05 Å². The molecule has 0 fully saturated rings. The monoisotopic (exact) mass is 492 g/mol. The normalized spacial score (nSPS) is 12.1. The number of benzene rings is 2. The van der Waals surface area contributed by atoms with Gasteiger partial charge in [0.25, 0.3) is 0 Å². The van der Waals surface area contributed by atoms with E-state index < -0.39 is 15.6 Å². The highest BCUT2D eigenvalue weighted by molar-refractivity contribution is 7.86. The number of ether oxygens (including phenoxy) is 1. The van der Waals surface area contributed by atoms with E-state index >= 15 is 0 Å². The molecule has 0 saturated heterocycles. The van der Waals surface area contributed by atoms with E-state index in [0.717, 1.165) is 33.3 Å². The van der Waals surface area contributed by atoms with Crippen LogP contribution in [0.1, 0.15) is 11.3 Å². The highest BCUT2D eigenvalue weighted by Crippen LogP contribution is 2.26. The van der Waals surface area contributed by atoms with E-state index in [1.807, 2.05) is 43.5 Å². The first-order valence-electron chi connectivity index (χ1n) is 9.66. The number of rotatable bonds is 3. The third kappa shape index (κ3) is 5.43. The van der Waals surface area contributed by atoms with Crippen LogP contribution < -0.4 is 9.30 Å². The molecule has 1 N–H and O–H groups in total. The van der Waals surface area contributed by atoms with E-state index in [9.17, 15) is 18.3 Å². The van der Waals surface area contributed by atoms with Crippen LogP contribution >= 0.6 is 0 Å². The maximum atomic E-state index is 10.7. The largest absolute Gasteiger partial charge is 0.741 e. The first kappa shape index (κ1) is 24.9. The number of fused-ring (bicyclic) bond motifs is 2. The number of phenolic OH excluding ortho intramolecular Hbond substituents is 1. The second kappa shape index (κ2) is 9.65. The van der Waals surface area contributed by atoms with E-state index in [2.05, 4.69) is 33.8 Å². The number of methoxy groups -OCH3 is 1. The molecule has 0 aliphatic rings. The quantitative estimate of drug-likeness (QED) is 0.262. The summed E-state index contributed by atoms with van der Waals surface area (Å²) in [5, 5.41) is 12.0. The Bertz CT molecular complexity index is 1490. The fourth-order valence-electron chi connectivity index (χ4n) is 3.19. The lowest BCUT2D eigenvalue weighted by molar-refractivity contribution is -0.646. The highest BCUT2D eigenvalue weighted by Gasteiger charge is 2.36. The molecule has 178 valence electrons. The third-order valence-electron chi connectivity index (χ3n) is 4.92. The molecule has 11 heteroatoms. The molecule has 0 atom stereocenters. The van der Waals surface area contributed by atoms with Crippen LogP contribution in [0.2, 0.25) is 0 Å². The summed E-state index contributed by atoms with van der Waals surface area (Å²) in [5.41, 5.74) is -1.81. The first-order chi connectivity index (χ1) is 15.9.